The van der Waals surface area contributed by atoms with Crippen molar-refractivity contribution >= 4 is 35.8 Å². The summed E-state index contributed by atoms with van der Waals surface area (Å²) in [5.41, 5.74) is 0.616. The second kappa shape index (κ2) is 12.5. The Hall–Kier alpha value is -1.91. The molecule has 1 rings (SSSR count). The molecular weight excluding hydrogens is 475 g/mol. The molecule has 0 radical (unpaired) electrons. The van der Waals surface area contributed by atoms with E-state index in [1.54, 1.807) is 21.3 Å². The van der Waals surface area contributed by atoms with Crippen LogP contribution < -0.4 is 30.2 Å². The van der Waals surface area contributed by atoms with Gasteiger partial charge in [0.2, 0.25) is 11.7 Å². The molecule has 1 amide bonds. The van der Waals surface area contributed by atoms with Crippen LogP contribution in [-0.4, -0.2) is 51.8 Å². The van der Waals surface area contributed by atoms with E-state index in [9.17, 15) is 4.79 Å². The van der Waals surface area contributed by atoms with E-state index in [4.69, 9.17) is 14.2 Å². The summed E-state index contributed by atoms with van der Waals surface area (Å²) < 4.78 is 16.0. The second-order valence-corrected chi connectivity index (χ2v) is 6.88. The number of nitrogens with one attached hydrogen (secondary N) is 3. The van der Waals surface area contributed by atoms with E-state index in [-0.39, 0.29) is 42.0 Å². The van der Waals surface area contributed by atoms with Gasteiger partial charge in [-0.1, -0.05) is 0 Å². The molecule has 28 heavy (non-hydrogen) atoms. The van der Waals surface area contributed by atoms with Gasteiger partial charge < -0.3 is 30.2 Å². The van der Waals surface area contributed by atoms with Gasteiger partial charge in [-0.05, 0) is 45.4 Å². The monoisotopic (exact) mass is 508 g/mol. The first kappa shape index (κ1) is 26.1. The van der Waals surface area contributed by atoms with Gasteiger partial charge in [0.1, 0.15) is 0 Å². The summed E-state index contributed by atoms with van der Waals surface area (Å²) in [5, 5.41) is 9.06. The molecule has 0 unspecified atom stereocenters. The topological polar surface area (TPSA) is 93.2 Å². The summed E-state index contributed by atoms with van der Waals surface area (Å²) in [6.07, 6.45) is 0. The van der Waals surface area contributed by atoms with Crippen molar-refractivity contribution in [3.63, 3.8) is 0 Å². The highest BCUT2D eigenvalue weighted by molar-refractivity contribution is 14.0. The first-order valence-corrected chi connectivity index (χ1v) is 8.86. The first-order chi connectivity index (χ1) is 12.7. The van der Waals surface area contributed by atoms with Gasteiger partial charge in [-0.15, -0.1) is 24.0 Å². The Morgan fingerprint density at radius 3 is 2.04 bits per heavy atom. The van der Waals surface area contributed by atoms with Crippen molar-refractivity contribution in [2.45, 2.75) is 39.8 Å². The number of hydrogen-bond donors (Lipinski definition) is 3. The third-order valence-corrected chi connectivity index (χ3v) is 3.42. The van der Waals surface area contributed by atoms with Crippen molar-refractivity contribution in [3.8, 4) is 17.2 Å². The van der Waals surface area contributed by atoms with Gasteiger partial charge in [-0.2, -0.15) is 0 Å². The van der Waals surface area contributed by atoms with Crippen LogP contribution in [0.4, 0.5) is 0 Å². The van der Waals surface area contributed by atoms with E-state index in [1.807, 2.05) is 39.8 Å². The maximum Gasteiger partial charge on any atom is 0.239 e. The molecule has 9 heteroatoms. The molecule has 0 atom stereocenters. The van der Waals surface area contributed by atoms with Crippen molar-refractivity contribution in [1.82, 2.24) is 16.0 Å². The van der Waals surface area contributed by atoms with Crippen LogP contribution in [0.5, 0.6) is 17.2 Å². The molecule has 0 heterocycles. The van der Waals surface area contributed by atoms with E-state index in [2.05, 4.69) is 20.9 Å². The smallest absolute Gasteiger partial charge is 0.239 e. The third-order valence-electron chi connectivity index (χ3n) is 3.42. The zero-order valence-electron chi connectivity index (χ0n) is 17.8. The molecule has 3 N–H and O–H groups in total. The molecule has 0 aromatic heterocycles. The summed E-state index contributed by atoms with van der Waals surface area (Å²) in [5.74, 6) is 2.14. The van der Waals surface area contributed by atoms with Gasteiger partial charge in [0.05, 0.1) is 34.4 Å². The molecule has 1 aromatic carbocycles. The normalized spacial score (nSPS) is 11.2. The Morgan fingerprint density at radius 1 is 1.04 bits per heavy atom. The van der Waals surface area contributed by atoms with Crippen LogP contribution in [0.1, 0.15) is 33.3 Å². The number of benzene rings is 1. The average Bonchev–Trinajstić information content (AvgIpc) is 2.61. The van der Waals surface area contributed by atoms with Crippen molar-refractivity contribution < 1.29 is 19.0 Å². The number of aliphatic imine (C=N–C) groups is 1. The maximum atomic E-state index is 12.0. The lowest BCUT2D eigenvalue weighted by molar-refractivity contribution is -0.121. The van der Waals surface area contributed by atoms with Gasteiger partial charge in [0.15, 0.2) is 17.5 Å². The molecule has 8 nitrogen and oxygen atoms in total. The van der Waals surface area contributed by atoms with Crippen molar-refractivity contribution in [3.05, 3.63) is 17.7 Å². The van der Waals surface area contributed by atoms with Gasteiger partial charge in [0, 0.05) is 12.1 Å². The number of hydrogen-bond acceptors (Lipinski definition) is 5. The Labute approximate surface area is 184 Å². The zero-order valence-corrected chi connectivity index (χ0v) is 20.1. The fourth-order valence-electron chi connectivity index (χ4n) is 2.37. The number of guanidine groups is 1. The Bertz CT molecular complexity index is 635. The summed E-state index contributed by atoms with van der Waals surface area (Å²) in [6, 6.07) is 3.70. The highest BCUT2D eigenvalue weighted by atomic mass is 127. The number of ether oxygens (including phenoxy) is 3. The number of rotatable bonds is 8. The number of carbonyl (C=O) groups is 1. The van der Waals surface area contributed by atoms with Gasteiger partial charge >= 0.3 is 0 Å². The Kier molecular flexibility index (Phi) is 11.7. The molecule has 0 fully saturated rings. The summed E-state index contributed by atoms with van der Waals surface area (Å²) in [6.45, 7) is 8.98. The van der Waals surface area contributed by atoms with Crippen LogP contribution in [0.15, 0.2) is 17.1 Å². The highest BCUT2D eigenvalue weighted by Gasteiger charge is 2.15. The van der Waals surface area contributed by atoms with Gasteiger partial charge in [0.25, 0.3) is 0 Å². The first-order valence-electron chi connectivity index (χ1n) is 8.86. The molecule has 0 aliphatic heterocycles. The van der Waals surface area contributed by atoms with Crippen LogP contribution in [-0.2, 0) is 11.3 Å². The van der Waals surface area contributed by atoms with Crippen LogP contribution >= 0.6 is 24.0 Å². The minimum Gasteiger partial charge on any atom is -0.493 e. The van der Waals surface area contributed by atoms with Crippen LogP contribution in [0, 0.1) is 0 Å². The van der Waals surface area contributed by atoms with Crippen LogP contribution in [0.3, 0.4) is 0 Å². The SMILES string of the molecule is CCNC(=NCc1cc(OC)c(OC)c(OC)c1)NCC(=O)NC(C)(C)C.I. The minimum atomic E-state index is -0.273. The summed E-state index contributed by atoms with van der Waals surface area (Å²) >= 11 is 0. The van der Waals surface area contributed by atoms with Crippen molar-refractivity contribution in [1.29, 1.82) is 0 Å². The quantitative estimate of drug-likeness (QED) is 0.284. The third kappa shape index (κ3) is 8.85. The van der Waals surface area contributed by atoms with E-state index < -0.39 is 0 Å². The molecular formula is C19H33IN4O4. The molecule has 0 spiro atoms. The average molecular weight is 508 g/mol. The highest BCUT2D eigenvalue weighted by Crippen LogP contribution is 2.38. The van der Waals surface area contributed by atoms with E-state index >= 15 is 0 Å². The fourth-order valence-corrected chi connectivity index (χ4v) is 2.37. The molecule has 0 aliphatic rings. The maximum absolute atomic E-state index is 12.0. The number of amides is 1. The number of nitrogens with zero attached hydrogens (tertiary/aromatic N) is 1. The largest absolute Gasteiger partial charge is 0.493 e. The lowest BCUT2D eigenvalue weighted by Gasteiger charge is -2.21. The number of halogens is 1. The Balaban J connectivity index is 0.00000729. The van der Waals surface area contributed by atoms with Crippen molar-refractivity contribution in [2.75, 3.05) is 34.4 Å². The summed E-state index contributed by atoms with van der Waals surface area (Å²) in [4.78, 5) is 16.5. The number of carbonyl (C=O) groups excluding carboxylic acids is 1. The molecule has 0 saturated carbocycles. The molecule has 0 saturated heterocycles. The molecule has 0 aliphatic carbocycles. The summed E-state index contributed by atoms with van der Waals surface area (Å²) in [7, 11) is 4.71. The van der Waals surface area contributed by atoms with Crippen molar-refractivity contribution in [2.24, 2.45) is 4.99 Å². The second-order valence-electron chi connectivity index (χ2n) is 6.88. The lowest BCUT2D eigenvalue weighted by Crippen LogP contribution is -2.48. The van der Waals surface area contributed by atoms with E-state index in [0.717, 1.165) is 5.56 Å². The molecule has 160 valence electrons. The Morgan fingerprint density at radius 2 is 1.61 bits per heavy atom. The van der Waals surface area contributed by atoms with Gasteiger partial charge in [-0.3, -0.25) is 4.79 Å². The predicted molar refractivity (Wildman–Crippen MR) is 122 cm³/mol. The fraction of sp³-hybridized carbons (Fsp3) is 0.579. The zero-order chi connectivity index (χ0) is 20.4. The standard InChI is InChI=1S/C19H32N4O4.HI/c1-8-20-18(22-12-16(24)23-19(2,3)4)21-11-13-9-14(25-5)17(27-7)15(10-13)26-6;/h9-10H,8,11-12H2,1-7H3,(H,23,24)(H2,20,21,22);1H. The predicted octanol–water partition coefficient (Wildman–Crippen LogP) is 2.30. The van der Waals surface area contributed by atoms with E-state index in [0.29, 0.717) is 36.3 Å². The van der Waals surface area contributed by atoms with E-state index in [1.165, 1.54) is 0 Å². The van der Waals surface area contributed by atoms with Crippen LogP contribution in [0.2, 0.25) is 0 Å². The van der Waals surface area contributed by atoms with Crippen LogP contribution in [0.25, 0.3) is 0 Å². The number of methoxy groups -OCH3 is 3. The molecule has 1 aromatic rings. The molecule has 0 bridgehead atoms. The lowest BCUT2D eigenvalue weighted by atomic mass is 10.1. The minimum absolute atomic E-state index is 0. The van der Waals surface area contributed by atoms with Gasteiger partial charge in [-0.25, -0.2) is 4.99 Å².